The van der Waals surface area contributed by atoms with Gasteiger partial charge in [0.1, 0.15) is 11.5 Å². The number of halogens is 3. The van der Waals surface area contributed by atoms with Crippen LogP contribution in [0.1, 0.15) is 24.1 Å². The summed E-state index contributed by atoms with van der Waals surface area (Å²) in [5.74, 6) is -0.914. The molecule has 9 nitrogen and oxygen atoms in total. The third-order valence-electron chi connectivity index (χ3n) is 5.31. The van der Waals surface area contributed by atoms with E-state index in [0.717, 1.165) is 36.2 Å². The number of alkyl halides is 3. The average Bonchev–Trinajstić information content (AvgIpc) is 3.41. The second kappa shape index (κ2) is 9.56. The molecule has 3 heterocycles. The van der Waals surface area contributed by atoms with Crippen molar-refractivity contribution in [1.82, 2.24) is 29.4 Å². The van der Waals surface area contributed by atoms with Gasteiger partial charge in [0.2, 0.25) is 10.0 Å². The molecule has 1 aliphatic carbocycles. The van der Waals surface area contributed by atoms with Gasteiger partial charge in [-0.05, 0) is 49.2 Å². The number of rotatable bonds is 9. The predicted octanol–water partition coefficient (Wildman–Crippen LogP) is 2.75. The number of hydrogen-bond acceptors (Lipinski definition) is 6. The molecule has 0 radical (unpaired) electrons. The zero-order valence-corrected chi connectivity index (χ0v) is 19.5. The van der Waals surface area contributed by atoms with Gasteiger partial charge >= 0.3 is 6.18 Å². The van der Waals surface area contributed by atoms with Crippen molar-refractivity contribution in [3.8, 4) is 5.82 Å². The number of hydrogen-bond donors (Lipinski definition) is 2. The molecule has 1 fully saturated rings. The fourth-order valence-electron chi connectivity index (χ4n) is 3.52. The number of pyridine rings is 1. The molecule has 4 rings (SSSR count). The van der Waals surface area contributed by atoms with E-state index >= 15 is 0 Å². The largest absolute Gasteiger partial charge is 0.435 e. The van der Waals surface area contributed by atoms with E-state index in [9.17, 15) is 26.4 Å². The number of sulfonamides is 1. The number of aryl methyl sites for hydroxylation is 1. The fourth-order valence-corrected chi connectivity index (χ4v) is 4.33. The van der Waals surface area contributed by atoms with Crippen LogP contribution in [-0.4, -0.2) is 46.0 Å². The molecule has 3 aromatic rings. The number of fused-ring (bicyclic) bond motifs is 1. The van der Waals surface area contributed by atoms with Gasteiger partial charge in [0.15, 0.2) is 5.69 Å². The summed E-state index contributed by atoms with van der Waals surface area (Å²) in [7, 11) is -2.68. The van der Waals surface area contributed by atoms with Gasteiger partial charge in [0.05, 0.1) is 11.3 Å². The SMILES string of the molecule is Cn1nc(C(F)(F)F)c(/C=C/C(=O)NS(=O)(=O)CC=CNCC2CC2)c1-n1ccc2cccnc21. The van der Waals surface area contributed by atoms with Gasteiger partial charge < -0.3 is 5.32 Å². The van der Waals surface area contributed by atoms with Gasteiger partial charge in [-0.1, -0.05) is 6.08 Å². The lowest BCUT2D eigenvalue weighted by atomic mass is 10.2. The zero-order valence-electron chi connectivity index (χ0n) is 18.7. The van der Waals surface area contributed by atoms with Crippen LogP contribution in [0.15, 0.2) is 48.9 Å². The molecule has 0 aromatic carbocycles. The Morgan fingerprint density at radius 2 is 2.06 bits per heavy atom. The topological polar surface area (TPSA) is 111 Å². The quantitative estimate of drug-likeness (QED) is 0.430. The maximum atomic E-state index is 13.7. The second-order valence-corrected chi connectivity index (χ2v) is 9.91. The summed E-state index contributed by atoms with van der Waals surface area (Å²) in [6.45, 7) is 0.757. The van der Waals surface area contributed by atoms with Gasteiger partial charge in [0.25, 0.3) is 5.91 Å². The number of nitrogens with one attached hydrogen (secondary N) is 2. The highest BCUT2D eigenvalue weighted by Crippen LogP contribution is 2.35. The third kappa shape index (κ3) is 5.91. The molecule has 0 saturated heterocycles. The Morgan fingerprint density at radius 1 is 1.29 bits per heavy atom. The fraction of sp³-hybridized carbons (Fsp3) is 0.318. The van der Waals surface area contributed by atoms with Crippen molar-refractivity contribution in [2.24, 2.45) is 13.0 Å². The van der Waals surface area contributed by atoms with E-state index in [1.54, 1.807) is 24.4 Å². The van der Waals surface area contributed by atoms with Gasteiger partial charge in [-0.25, -0.2) is 18.1 Å². The molecule has 2 N–H and O–H groups in total. The first kappa shape index (κ1) is 24.5. The van der Waals surface area contributed by atoms with Crippen molar-refractivity contribution in [2.45, 2.75) is 19.0 Å². The van der Waals surface area contributed by atoms with Gasteiger partial charge in [-0.2, -0.15) is 18.3 Å². The first-order valence-electron chi connectivity index (χ1n) is 10.7. The molecule has 0 aliphatic heterocycles. The number of amides is 1. The zero-order chi connectivity index (χ0) is 25.2. The van der Waals surface area contributed by atoms with Crippen molar-refractivity contribution in [1.29, 1.82) is 0 Å². The van der Waals surface area contributed by atoms with E-state index in [0.29, 0.717) is 17.0 Å². The molecule has 1 aliphatic rings. The Balaban J connectivity index is 1.56. The van der Waals surface area contributed by atoms with E-state index in [1.807, 2.05) is 4.72 Å². The molecule has 3 aromatic heterocycles. The van der Waals surface area contributed by atoms with E-state index < -0.39 is 39.1 Å². The molecule has 186 valence electrons. The van der Waals surface area contributed by atoms with Crippen LogP contribution >= 0.6 is 0 Å². The summed E-state index contributed by atoms with van der Waals surface area (Å²) in [6.07, 6.45) is 5.02. The molecule has 0 atom stereocenters. The first-order valence-corrected chi connectivity index (χ1v) is 12.4. The number of nitrogens with zero attached hydrogens (tertiary/aromatic N) is 4. The van der Waals surface area contributed by atoms with Crippen LogP contribution in [0.5, 0.6) is 0 Å². The van der Waals surface area contributed by atoms with Crippen LogP contribution in [0.3, 0.4) is 0 Å². The van der Waals surface area contributed by atoms with Gasteiger partial charge in [-0.3, -0.25) is 14.0 Å². The molecule has 1 amide bonds. The summed E-state index contributed by atoms with van der Waals surface area (Å²) in [5, 5.41) is 7.27. The minimum atomic E-state index is -4.81. The Morgan fingerprint density at radius 3 is 2.77 bits per heavy atom. The maximum Gasteiger partial charge on any atom is 0.435 e. The average molecular weight is 509 g/mol. The summed E-state index contributed by atoms with van der Waals surface area (Å²) < 4.78 is 69.7. The van der Waals surface area contributed by atoms with Crippen LogP contribution in [0.2, 0.25) is 0 Å². The standard InChI is InChI=1S/C22H23F3N6O3S/c1-30-21(31-12-9-16-4-2-11-27-20(16)31)17(19(28-30)22(23,24)25)7-8-18(32)29-35(33,34)13-3-10-26-14-15-5-6-15/h2-4,7-12,15,26H,5-6,13-14H2,1H3,(H,29,32)/b8-7+,10-3?. The van der Waals surface area contributed by atoms with Crippen molar-refractivity contribution < 1.29 is 26.4 Å². The minimum Gasteiger partial charge on any atom is -0.391 e. The highest BCUT2D eigenvalue weighted by Gasteiger charge is 2.38. The summed E-state index contributed by atoms with van der Waals surface area (Å²) in [6, 6.07) is 5.13. The lowest BCUT2D eigenvalue weighted by Gasteiger charge is -2.08. The molecule has 0 bridgehead atoms. The van der Waals surface area contributed by atoms with Gasteiger partial charge in [-0.15, -0.1) is 0 Å². The molecular weight excluding hydrogens is 485 g/mol. The second-order valence-electron chi connectivity index (χ2n) is 8.14. The summed E-state index contributed by atoms with van der Waals surface area (Å²) >= 11 is 0. The van der Waals surface area contributed by atoms with E-state index in [2.05, 4.69) is 15.4 Å². The lowest BCUT2D eigenvalue weighted by molar-refractivity contribution is -0.141. The predicted molar refractivity (Wildman–Crippen MR) is 124 cm³/mol. The Hall–Kier alpha value is -3.61. The highest BCUT2D eigenvalue weighted by molar-refractivity contribution is 7.90. The van der Waals surface area contributed by atoms with Crippen molar-refractivity contribution in [3.63, 3.8) is 0 Å². The Labute approximate surface area is 199 Å². The molecule has 13 heteroatoms. The molecule has 35 heavy (non-hydrogen) atoms. The number of aromatic nitrogens is 4. The molecule has 1 saturated carbocycles. The van der Waals surface area contributed by atoms with E-state index in [-0.39, 0.29) is 5.82 Å². The van der Waals surface area contributed by atoms with E-state index in [1.165, 1.54) is 30.1 Å². The van der Waals surface area contributed by atoms with Crippen LogP contribution in [0.25, 0.3) is 22.9 Å². The smallest absolute Gasteiger partial charge is 0.391 e. The van der Waals surface area contributed by atoms with E-state index in [4.69, 9.17) is 0 Å². The van der Waals surface area contributed by atoms with Crippen molar-refractivity contribution in [2.75, 3.05) is 12.3 Å². The van der Waals surface area contributed by atoms with Crippen LogP contribution < -0.4 is 10.0 Å². The van der Waals surface area contributed by atoms with Crippen molar-refractivity contribution in [3.05, 3.63) is 60.2 Å². The summed E-state index contributed by atoms with van der Waals surface area (Å²) in [4.78, 5) is 16.5. The number of carbonyl (C=O) groups excluding carboxylic acids is 1. The van der Waals surface area contributed by atoms with Crippen molar-refractivity contribution >= 4 is 33.0 Å². The Kier molecular flexibility index (Phi) is 6.70. The number of carbonyl (C=O) groups is 1. The first-order chi connectivity index (χ1) is 16.5. The monoisotopic (exact) mass is 508 g/mol. The molecule has 0 unspecified atom stereocenters. The van der Waals surface area contributed by atoms with Crippen LogP contribution in [-0.2, 0) is 28.0 Å². The lowest BCUT2D eigenvalue weighted by Crippen LogP contribution is -2.30. The minimum absolute atomic E-state index is 0.0163. The van der Waals surface area contributed by atoms with Gasteiger partial charge in [0, 0.05) is 37.4 Å². The summed E-state index contributed by atoms with van der Waals surface area (Å²) in [5.41, 5.74) is -1.22. The maximum absolute atomic E-state index is 13.7. The molecule has 0 spiro atoms. The third-order valence-corrected chi connectivity index (χ3v) is 6.45. The molecular formula is C22H23F3N6O3S. The van der Waals surface area contributed by atoms with Crippen LogP contribution in [0, 0.1) is 5.92 Å². The van der Waals surface area contributed by atoms with Crippen LogP contribution in [0.4, 0.5) is 13.2 Å². The Bertz CT molecular complexity index is 1400. The highest BCUT2D eigenvalue weighted by atomic mass is 32.2. The normalized spacial score (nSPS) is 14.9.